The fourth-order valence-corrected chi connectivity index (χ4v) is 3.22. The van der Waals surface area contributed by atoms with Crippen molar-refractivity contribution in [2.24, 2.45) is 0 Å². The van der Waals surface area contributed by atoms with Gasteiger partial charge in [-0.25, -0.2) is 9.97 Å². The van der Waals surface area contributed by atoms with Crippen LogP contribution < -0.4 is 9.64 Å². The predicted molar refractivity (Wildman–Crippen MR) is 105 cm³/mol. The Labute approximate surface area is 179 Å². The summed E-state index contributed by atoms with van der Waals surface area (Å²) in [6.45, 7) is 2.51. The lowest BCUT2D eigenvalue weighted by molar-refractivity contribution is -0.540. The maximum absolute atomic E-state index is 10.0. The number of hydrogen-bond acceptors (Lipinski definition) is 13. The van der Waals surface area contributed by atoms with Gasteiger partial charge in [-0.1, -0.05) is 0 Å². The van der Waals surface area contributed by atoms with Crippen molar-refractivity contribution in [3.63, 3.8) is 0 Å². The number of morpholine rings is 1. The zero-order valence-electron chi connectivity index (χ0n) is 16.5. The van der Waals surface area contributed by atoms with Crippen LogP contribution in [0.2, 0.25) is 0 Å². The number of nitrogens with zero attached hydrogens (tertiary/aromatic N) is 4. The van der Waals surface area contributed by atoms with Gasteiger partial charge < -0.3 is 50.1 Å². The molecular formula is C18H21N5O9. The Balaban J connectivity index is 1.71. The number of aromatic amines is 1. The Morgan fingerprint density at radius 2 is 1.66 bits per heavy atom. The molecule has 0 unspecified atom stereocenters. The normalized spacial score (nSPS) is 15.9. The van der Waals surface area contributed by atoms with E-state index in [1.165, 1.54) is 12.3 Å². The third-order valence-electron chi connectivity index (χ3n) is 4.94. The molecule has 0 amide bonds. The summed E-state index contributed by atoms with van der Waals surface area (Å²) in [4.78, 5) is 10.2. The molecule has 4 rings (SSSR count). The highest BCUT2D eigenvalue weighted by molar-refractivity contribution is 5.93. The van der Waals surface area contributed by atoms with Crippen molar-refractivity contribution in [1.82, 2.24) is 20.2 Å². The highest BCUT2D eigenvalue weighted by Gasteiger charge is 2.66. The minimum Gasteiger partial charge on any atom is -0.430 e. The molecule has 4 heterocycles. The number of rotatable bonds is 6. The molecule has 172 valence electrons. The molecule has 0 saturated carbocycles. The summed E-state index contributed by atoms with van der Waals surface area (Å²) in [5, 5.41) is 73.1. The van der Waals surface area contributed by atoms with Crippen LogP contribution in [0.15, 0.2) is 30.6 Å². The zero-order chi connectivity index (χ0) is 23.1. The topological polar surface area (TPSA) is 218 Å². The maximum atomic E-state index is 10.0. The average molecular weight is 451 g/mol. The van der Waals surface area contributed by atoms with Gasteiger partial charge in [-0.2, -0.15) is 5.10 Å². The molecule has 0 bridgehead atoms. The van der Waals surface area contributed by atoms with Gasteiger partial charge in [0, 0.05) is 36.3 Å². The first-order valence-electron chi connectivity index (χ1n) is 9.38. The number of fused-ring (bicyclic) bond motifs is 1. The molecule has 1 saturated heterocycles. The predicted octanol–water partition coefficient (Wildman–Crippen LogP) is -2.81. The Hall–Kier alpha value is -2.95. The standard InChI is InChI=1S/C18H21N5O9/c24-16(17(25,26)27,18(28,29)30)32-14-8-11-12(9-20-14)21-22-15(11)10-1-2-19-13(7-10)23-3-5-31-6-4-23/h1-2,7-9,24-30H,3-6H2,(H,21,22). The molecule has 1 aliphatic heterocycles. The number of pyridine rings is 2. The number of aliphatic hydroxyl groups is 7. The molecule has 1 fully saturated rings. The highest BCUT2D eigenvalue weighted by atomic mass is 16.8. The van der Waals surface area contributed by atoms with E-state index in [2.05, 4.69) is 24.9 Å². The summed E-state index contributed by atoms with van der Waals surface area (Å²) < 4.78 is 10.0. The molecule has 3 aromatic heterocycles. The molecule has 32 heavy (non-hydrogen) atoms. The molecule has 0 aromatic carbocycles. The summed E-state index contributed by atoms with van der Waals surface area (Å²) in [5.41, 5.74) is 1.49. The third-order valence-corrected chi connectivity index (χ3v) is 4.94. The number of H-pyrrole nitrogens is 1. The van der Waals surface area contributed by atoms with E-state index < -0.39 is 23.6 Å². The van der Waals surface area contributed by atoms with Crippen LogP contribution in [-0.2, 0) is 4.74 Å². The summed E-state index contributed by atoms with van der Waals surface area (Å²) in [7, 11) is 0. The van der Waals surface area contributed by atoms with E-state index in [9.17, 15) is 35.7 Å². The van der Waals surface area contributed by atoms with Crippen LogP contribution in [0.1, 0.15) is 0 Å². The van der Waals surface area contributed by atoms with Gasteiger partial charge >= 0.3 is 17.7 Å². The SMILES string of the molecule is OC(O)(O)C(O)(Oc1cc2c(-c3ccnc(N4CCOCC4)c3)n[nH]c2cn1)C(O)(O)O. The summed E-state index contributed by atoms with van der Waals surface area (Å²) >= 11 is 0. The zero-order valence-corrected chi connectivity index (χ0v) is 16.5. The van der Waals surface area contributed by atoms with E-state index in [1.807, 2.05) is 4.90 Å². The first-order valence-corrected chi connectivity index (χ1v) is 9.38. The summed E-state index contributed by atoms with van der Waals surface area (Å²) in [5.74, 6) is -12.5. The van der Waals surface area contributed by atoms with Crippen molar-refractivity contribution in [2.75, 3.05) is 31.2 Å². The second-order valence-electron chi connectivity index (χ2n) is 7.16. The van der Waals surface area contributed by atoms with E-state index in [0.29, 0.717) is 54.3 Å². The Morgan fingerprint density at radius 1 is 0.969 bits per heavy atom. The van der Waals surface area contributed by atoms with E-state index >= 15 is 0 Å². The molecule has 14 heteroatoms. The van der Waals surface area contributed by atoms with Crippen molar-refractivity contribution >= 4 is 16.7 Å². The van der Waals surface area contributed by atoms with Gasteiger partial charge in [0.2, 0.25) is 5.88 Å². The second-order valence-corrected chi connectivity index (χ2v) is 7.16. The van der Waals surface area contributed by atoms with Crippen LogP contribution in [0.3, 0.4) is 0 Å². The lowest BCUT2D eigenvalue weighted by Gasteiger charge is -2.38. The molecule has 14 nitrogen and oxygen atoms in total. The minimum atomic E-state index is -4.28. The monoisotopic (exact) mass is 451 g/mol. The molecule has 8 N–H and O–H groups in total. The highest BCUT2D eigenvalue weighted by Crippen LogP contribution is 2.33. The van der Waals surface area contributed by atoms with Crippen LogP contribution >= 0.6 is 0 Å². The largest absolute Gasteiger partial charge is 0.430 e. The number of nitrogens with one attached hydrogen (secondary N) is 1. The Bertz CT molecular complexity index is 1090. The number of ether oxygens (including phenoxy) is 2. The van der Waals surface area contributed by atoms with Gasteiger partial charge in [0.1, 0.15) is 11.5 Å². The van der Waals surface area contributed by atoms with E-state index in [-0.39, 0.29) is 0 Å². The van der Waals surface area contributed by atoms with Crippen LogP contribution in [0, 0.1) is 0 Å². The van der Waals surface area contributed by atoms with Crippen LogP contribution in [-0.4, -0.2) is 99.9 Å². The van der Waals surface area contributed by atoms with Gasteiger partial charge in [-0.3, -0.25) is 5.10 Å². The first kappa shape index (κ1) is 22.3. The first-order chi connectivity index (χ1) is 15.0. The lowest BCUT2D eigenvalue weighted by Crippen LogP contribution is -2.71. The molecule has 1 aliphatic rings. The Morgan fingerprint density at radius 3 is 2.31 bits per heavy atom. The van der Waals surface area contributed by atoms with Gasteiger partial charge in [0.15, 0.2) is 0 Å². The van der Waals surface area contributed by atoms with Crippen LogP contribution in [0.5, 0.6) is 5.88 Å². The van der Waals surface area contributed by atoms with Gasteiger partial charge in [-0.05, 0) is 12.1 Å². The fourth-order valence-electron chi connectivity index (χ4n) is 3.22. The summed E-state index contributed by atoms with van der Waals surface area (Å²) in [6, 6.07) is 4.68. The molecule has 0 radical (unpaired) electrons. The van der Waals surface area contributed by atoms with Crippen LogP contribution in [0.25, 0.3) is 22.2 Å². The number of aromatic nitrogens is 4. The van der Waals surface area contributed by atoms with E-state index in [0.717, 1.165) is 0 Å². The molecule has 0 spiro atoms. The average Bonchev–Trinajstić information content (AvgIpc) is 3.16. The van der Waals surface area contributed by atoms with E-state index in [4.69, 9.17) is 4.74 Å². The van der Waals surface area contributed by atoms with Gasteiger partial charge in [0.05, 0.1) is 24.9 Å². The number of hydrogen-bond donors (Lipinski definition) is 8. The number of anilines is 1. The lowest BCUT2D eigenvalue weighted by atomic mass is 10.1. The molecular weight excluding hydrogens is 430 g/mol. The molecule has 0 atom stereocenters. The Kier molecular flexibility index (Phi) is 5.48. The van der Waals surface area contributed by atoms with Crippen molar-refractivity contribution < 1.29 is 45.2 Å². The maximum Gasteiger partial charge on any atom is 0.376 e. The molecule has 3 aromatic rings. The van der Waals surface area contributed by atoms with E-state index in [1.54, 1.807) is 18.3 Å². The van der Waals surface area contributed by atoms with Gasteiger partial charge in [0.25, 0.3) is 0 Å². The van der Waals surface area contributed by atoms with Crippen molar-refractivity contribution in [3.8, 4) is 17.1 Å². The summed E-state index contributed by atoms with van der Waals surface area (Å²) in [6.07, 6.45) is 2.81. The fraction of sp³-hybridized carbons (Fsp3) is 0.389. The van der Waals surface area contributed by atoms with Crippen molar-refractivity contribution in [1.29, 1.82) is 0 Å². The van der Waals surface area contributed by atoms with Crippen LogP contribution in [0.4, 0.5) is 5.82 Å². The quantitative estimate of drug-likeness (QED) is 0.178. The second kappa shape index (κ2) is 7.88. The molecule has 0 aliphatic carbocycles. The van der Waals surface area contributed by atoms with Crippen molar-refractivity contribution in [3.05, 3.63) is 30.6 Å². The van der Waals surface area contributed by atoms with Gasteiger partial charge in [-0.15, -0.1) is 0 Å². The minimum absolute atomic E-state index is 0.385. The third kappa shape index (κ3) is 3.96. The smallest absolute Gasteiger partial charge is 0.376 e. The van der Waals surface area contributed by atoms with Crippen molar-refractivity contribution in [2.45, 2.75) is 17.7 Å².